The second kappa shape index (κ2) is 8.12. The van der Waals surface area contributed by atoms with Crippen LogP contribution in [0.5, 0.6) is 0 Å². The largest absolute Gasteiger partial charge is 0.453 e. The fourth-order valence-electron chi connectivity index (χ4n) is 3.41. The van der Waals surface area contributed by atoms with Crippen LogP contribution in [0.25, 0.3) is 0 Å². The molecule has 1 heterocycles. The lowest BCUT2D eigenvalue weighted by Gasteiger charge is -2.23. The summed E-state index contributed by atoms with van der Waals surface area (Å²) in [6, 6.07) is 3.08. The van der Waals surface area contributed by atoms with Crippen molar-refractivity contribution >= 4 is 23.7 Å². The van der Waals surface area contributed by atoms with Crippen molar-refractivity contribution in [1.82, 2.24) is 10.2 Å². The van der Waals surface area contributed by atoms with Crippen LogP contribution in [0.1, 0.15) is 60.7 Å². The van der Waals surface area contributed by atoms with Crippen LogP contribution in [0, 0.1) is 20.8 Å². The normalized spacial score (nSPS) is 16.7. The highest BCUT2D eigenvalue weighted by Gasteiger charge is 2.49. The molecule has 0 aliphatic carbocycles. The third-order valence-electron chi connectivity index (χ3n) is 5.52. The fraction of sp³-hybridized carbons (Fsp3) is 0.524. The molecule has 1 aliphatic heterocycles. The maximum Gasteiger partial charge on any atom is 0.326 e. The van der Waals surface area contributed by atoms with E-state index in [1.807, 2.05) is 26.8 Å². The molecule has 2 rings (SSSR count). The molecule has 0 spiro atoms. The van der Waals surface area contributed by atoms with Gasteiger partial charge in [0.05, 0.1) is 0 Å². The van der Waals surface area contributed by atoms with Crippen LogP contribution in [0.15, 0.2) is 12.1 Å². The lowest BCUT2D eigenvalue weighted by molar-refractivity contribution is -0.150. The van der Waals surface area contributed by atoms with Crippen molar-refractivity contribution in [2.24, 2.45) is 0 Å². The van der Waals surface area contributed by atoms with E-state index in [2.05, 4.69) is 5.32 Å². The SMILES string of the molecule is CCC1(CC)NC(=O)N(CC(=O)O[C@H](C)C(=O)c2cc(C)c(C)cc2C)C1=O. The molecule has 1 aliphatic rings. The zero-order valence-electron chi connectivity index (χ0n) is 17.3. The van der Waals surface area contributed by atoms with Gasteiger partial charge in [-0.15, -0.1) is 0 Å². The Bertz CT molecular complexity index is 826. The molecule has 3 amide bonds. The lowest BCUT2D eigenvalue weighted by Crippen LogP contribution is -2.46. The molecule has 1 atom stereocenters. The van der Waals surface area contributed by atoms with Crippen molar-refractivity contribution < 1.29 is 23.9 Å². The zero-order chi connectivity index (χ0) is 21.2. The highest BCUT2D eigenvalue weighted by atomic mass is 16.5. The average Bonchev–Trinajstić information content (AvgIpc) is 2.88. The second-order valence-corrected chi connectivity index (χ2v) is 7.36. The van der Waals surface area contributed by atoms with Crippen molar-refractivity contribution in [3.05, 3.63) is 34.4 Å². The molecule has 0 saturated carbocycles. The third kappa shape index (κ3) is 3.93. The van der Waals surface area contributed by atoms with E-state index in [0.717, 1.165) is 21.6 Å². The van der Waals surface area contributed by atoms with E-state index in [1.54, 1.807) is 19.9 Å². The monoisotopic (exact) mass is 388 g/mol. The molecule has 152 valence electrons. The van der Waals surface area contributed by atoms with E-state index in [0.29, 0.717) is 18.4 Å². The number of imide groups is 1. The number of Topliss-reactive ketones (excluding diaryl/α,β-unsaturated/α-hetero) is 1. The van der Waals surface area contributed by atoms with Gasteiger partial charge in [0.15, 0.2) is 6.10 Å². The maximum absolute atomic E-state index is 12.7. The van der Waals surface area contributed by atoms with E-state index in [-0.39, 0.29) is 5.78 Å². The number of ether oxygens (including phenoxy) is 1. The molecule has 1 aromatic rings. The molecule has 0 unspecified atom stereocenters. The molecule has 0 aromatic heterocycles. The maximum atomic E-state index is 12.7. The molecule has 7 nitrogen and oxygen atoms in total. The van der Waals surface area contributed by atoms with E-state index in [9.17, 15) is 19.2 Å². The molecular weight excluding hydrogens is 360 g/mol. The molecule has 28 heavy (non-hydrogen) atoms. The van der Waals surface area contributed by atoms with Crippen LogP contribution < -0.4 is 5.32 Å². The topological polar surface area (TPSA) is 92.8 Å². The lowest BCUT2D eigenvalue weighted by atomic mass is 9.93. The van der Waals surface area contributed by atoms with Gasteiger partial charge >= 0.3 is 12.0 Å². The van der Waals surface area contributed by atoms with Gasteiger partial charge in [0, 0.05) is 5.56 Å². The van der Waals surface area contributed by atoms with Crippen LogP contribution in [-0.2, 0) is 14.3 Å². The van der Waals surface area contributed by atoms with Crippen molar-refractivity contribution in [1.29, 1.82) is 0 Å². The van der Waals surface area contributed by atoms with Gasteiger partial charge in [0.1, 0.15) is 12.1 Å². The second-order valence-electron chi connectivity index (χ2n) is 7.36. The number of urea groups is 1. The fourth-order valence-corrected chi connectivity index (χ4v) is 3.41. The van der Waals surface area contributed by atoms with Gasteiger partial charge in [0.25, 0.3) is 5.91 Å². The predicted molar refractivity (Wildman–Crippen MR) is 104 cm³/mol. The van der Waals surface area contributed by atoms with Gasteiger partial charge in [-0.1, -0.05) is 19.9 Å². The summed E-state index contributed by atoms with van der Waals surface area (Å²) in [5, 5.41) is 2.66. The summed E-state index contributed by atoms with van der Waals surface area (Å²) in [6.45, 7) is 10.3. The van der Waals surface area contributed by atoms with Crippen LogP contribution in [-0.4, -0.2) is 46.8 Å². The first-order chi connectivity index (χ1) is 13.1. The minimum Gasteiger partial charge on any atom is -0.453 e. The highest BCUT2D eigenvalue weighted by molar-refractivity contribution is 6.09. The number of nitrogens with one attached hydrogen (secondary N) is 1. The first-order valence-electron chi connectivity index (χ1n) is 9.52. The smallest absolute Gasteiger partial charge is 0.326 e. The summed E-state index contributed by atoms with van der Waals surface area (Å²) < 4.78 is 5.22. The van der Waals surface area contributed by atoms with E-state index >= 15 is 0 Å². The van der Waals surface area contributed by atoms with Crippen molar-refractivity contribution in [3.63, 3.8) is 0 Å². The van der Waals surface area contributed by atoms with Gasteiger partial charge in [-0.25, -0.2) is 4.79 Å². The van der Waals surface area contributed by atoms with Crippen molar-refractivity contribution in [2.75, 3.05) is 6.54 Å². The molecule has 7 heteroatoms. The van der Waals surface area contributed by atoms with Crippen LogP contribution in [0.3, 0.4) is 0 Å². The highest BCUT2D eigenvalue weighted by Crippen LogP contribution is 2.25. The molecular formula is C21H28N2O5. The molecule has 1 N–H and O–H groups in total. The molecule has 1 fully saturated rings. The standard InChI is InChI=1S/C21H28N2O5/c1-7-21(8-2)19(26)23(20(27)22-21)11-17(24)28-15(6)18(25)16-10-13(4)12(3)9-14(16)5/h9-10,15H,7-8,11H2,1-6H3,(H,22,27)/t15-/m1/s1. The number of benzene rings is 1. The minimum atomic E-state index is -1.02. The Balaban J connectivity index is 2.07. The minimum absolute atomic E-state index is 0.317. The first-order valence-corrected chi connectivity index (χ1v) is 9.52. The number of hydrogen-bond acceptors (Lipinski definition) is 5. The Morgan fingerprint density at radius 3 is 2.18 bits per heavy atom. The number of hydrogen-bond donors (Lipinski definition) is 1. The van der Waals surface area contributed by atoms with Crippen LogP contribution in [0.2, 0.25) is 0 Å². The van der Waals surface area contributed by atoms with Gasteiger partial charge in [-0.05, 0) is 63.3 Å². The van der Waals surface area contributed by atoms with E-state index < -0.39 is 36.1 Å². The number of esters is 1. The summed E-state index contributed by atoms with van der Waals surface area (Å²) in [7, 11) is 0. The summed E-state index contributed by atoms with van der Waals surface area (Å²) in [5.74, 6) is -1.56. The molecule has 1 saturated heterocycles. The average molecular weight is 388 g/mol. The van der Waals surface area contributed by atoms with Gasteiger partial charge in [-0.3, -0.25) is 19.3 Å². The van der Waals surface area contributed by atoms with Gasteiger partial charge in [0.2, 0.25) is 5.78 Å². The molecule has 0 radical (unpaired) electrons. The molecule has 0 bridgehead atoms. The van der Waals surface area contributed by atoms with Gasteiger partial charge in [-0.2, -0.15) is 0 Å². The van der Waals surface area contributed by atoms with Crippen LogP contribution in [0.4, 0.5) is 4.79 Å². The number of nitrogens with zero attached hydrogens (tertiary/aromatic N) is 1. The van der Waals surface area contributed by atoms with Crippen LogP contribution >= 0.6 is 0 Å². The Morgan fingerprint density at radius 1 is 1.07 bits per heavy atom. The zero-order valence-corrected chi connectivity index (χ0v) is 17.3. The Morgan fingerprint density at radius 2 is 1.64 bits per heavy atom. The molecule has 1 aromatic carbocycles. The Kier molecular flexibility index (Phi) is 6.27. The van der Waals surface area contributed by atoms with E-state index in [4.69, 9.17) is 4.74 Å². The summed E-state index contributed by atoms with van der Waals surface area (Å²) in [6.07, 6.45) is -0.155. The summed E-state index contributed by atoms with van der Waals surface area (Å²) in [4.78, 5) is 50.5. The number of ketones is 1. The number of carbonyl (C=O) groups is 4. The number of amides is 3. The summed E-state index contributed by atoms with van der Waals surface area (Å²) in [5.41, 5.74) is 2.38. The first kappa shape index (κ1) is 21.6. The predicted octanol–water partition coefficient (Wildman–Crippen LogP) is 2.84. The van der Waals surface area contributed by atoms with Crippen molar-refractivity contribution in [3.8, 4) is 0 Å². The van der Waals surface area contributed by atoms with Gasteiger partial charge < -0.3 is 10.1 Å². The number of aryl methyl sites for hydroxylation is 3. The van der Waals surface area contributed by atoms with Crippen molar-refractivity contribution in [2.45, 2.75) is 66.0 Å². The number of carbonyl (C=O) groups excluding carboxylic acids is 4. The quantitative estimate of drug-likeness (QED) is 0.440. The third-order valence-corrected chi connectivity index (χ3v) is 5.52. The van der Waals surface area contributed by atoms with E-state index in [1.165, 1.54) is 6.92 Å². The summed E-state index contributed by atoms with van der Waals surface area (Å²) >= 11 is 0. The number of rotatable bonds is 7. The Hall–Kier alpha value is -2.70. The Labute approximate surface area is 165 Å².